The maximum atomic E-state index is 12.8. The molecule has 1 unspecified atom stereocenters. The van der Waals surface area contributed by atoms with Crippen LogP contribution in [-0.2, 0) is 28.6 Å². The number of esters is 3. The van der Waals surface area contributed by atoms with Gasteiger partial charge in [0, 0.05) is 19.3 Å². The Morgan fingerprint density at radius 1 is 0.292 bits per heavy atom. The summed E-state index contributed by atoms with van der Waals surface area (Å²) >= 11 is 0. The molecule has 0 aromatic heterocycles. The molecule has 1 atom stereocenters. The highest BCUT2D eigenvalue weighted by molar-refractivity contribution is 5.71. The summed E-state index contributed by atoms with van der Waals surface area (Å²) in [7, 11) is 0. The van der Waals surface area contributed by atoms with Crippen molar-refractivity contribution in [3.63, 3.8) is 0 Å². The Hall–Kier alpha value is -4.19. The largest absolute Gasteiger partial charge is 0.462 e. The summed E-state index contributed by atoms with van der Waals surface area (Å²) in [6.45, 7) is 6.40. The van der Waals surface area contributed by atoms with Gasteiger partial charge >= 0.3 is 17.9 Å². The lowest BCUT2D eigenvalue weighted by atomic mass is 10.1. The van der Waals surface area contributed by atoms with Gasteiger partial charge in [0.05, 0.1) is 0 Å². The van der Waals surface area contributed by atoms with Gasteiger partial charge in [-0.3, -0.25) is 14.4 Å². The van der Waals surface area contributed by atoms with E-state index in [2.05, 4.69) is 142 Å². The maximum absolute atomic E-state index is 12.8. The van der Waals surface area contributed by atoms with Crippen molar-refractivity contribution in [1.82, 2.24) is 0 Å². The first kappa shape index (κ1) is 67.8. The monoisotopic (exact) mass is 997 g/mol. The van der Waals surface area contributed by atoms with Crippen molar-refractivity contribution >= 4 is 17.9 Å². The lowest BCUT2D eigenvalue weighted by Gasteiger charge is -2.18. The van der Waals surface area contributed by atoms with Crippen molar-refractivity contribution in [3.05, 3.63) is 122 Å². The predicted octanol–water partition coefficient (Wildman–Crippen LogP) is 20.0. The van der Waals surface area contributed by atoms with Crippen LogP contribution in [0.3, 0.4) is 0 Å². The van der Waals surface area contributed by atoms with Crippen LogP contribution < -0.4 is 0 Å². The van der Waals surface area contributed by atoms with Gasteiger partial charge in [-0.15, -0.1) is 0 Å². The van der Waals surface area contributed by atoms with E-state index in [4.69, 9.17) is 14.2 Å². The molecule has 0 radical (unpaired) electrons. The molecule has 0 aliphatic carbocycles. The Bertz CT molecular complexity index is 1520. The van der Waals surface area contributed by atoms with E-state index in [9.17, 15) is 14.4 Å². The lowest BCUT2D eigenvalue weighted by Crippen LogP contribution is -2.30. The van der Waals surface area contributed by atoms with Gasteiger partial charge in [0.15, 0.2) is 6.10 Å². The zero-order valence-electron chi connectivity index (χ0n) is 46.7. The highest BCUT2D eigenvalue weighted by Gasteiger charge is 2.19. The standard InChI is InChI=1S/C66H108O6/c1-4-7-10-13-15-17-19-21-23-25-27-28-29-30-31-32-33-34-35-36-37-38-39-41-42-44-46-48-50-53-56-59-65(68)71-62-63(61-70-64(67)58-55-52-12-9-6-3)72-66(69)60-57-54-51-49-47-45-43-40-26-24-22-20-18-16-14-11-8-5-2/h7,10,15,17-18,20-21,23-24,26-28,30-31,33-34,36-37,39,41,63H,4-6,8-9,11-14,16,19,22,25,29,32,35,38,40,42-62H2,1-3H3/b10-7-,17-15-,20-18-,23-21-,26-24-,28-27-,31-30-,34-33-,37-36-,41-39-. The van der Waals surface area contributed by atoms with Crippen LogP contribution in [0.4, 0.5) is 0 Å². The molecule has 0 aromatic rings. The van der Waals surface area contributed by atoms with E-state index in [-0.39, 0.29) is 31.1 Å². The fraction of sp³-hybridized carbons (Fsp3) is 0.652. The second-order valence-electron chi connectivity index (χ2n) is 19.2. The van der Waals surface area contributed by atoms with Crippen molar-refractivity contribution in [2.24, 2.45) is 0 Å². The molecule has 0 saturated heterocycles. The zero-order chi connectivity index (χ0) is 52.2. The fourth-order valence-electron chi connectivity index (χ4n) is 7.78. The molecule has 72 heavy (non-hydrogen) atoms. The van der Waals surface area contributed by atoms with E-state index in [1.165, 1.54) is 77.0 Å². The molecule has 0 aliphatic rings. The van der Waals surface area contributed by atoms with Crippen molar-refractivity contribution in [2.45, 2.75) is 264 Å². The predicted molar refractivity (Wildman–Crippen MR) is 311 cm³/mol. The molecule has 0 aromatic carbocycles. The molecule has 0 fully saturated rings. The Kier molecular flexibility index (Phi) is 55.9. The molecule has 0 heterocycles. The second kappa shape index (κ2) is 59.4. The van der Waals surface area contributed by atoms with E-state index in [0.717, 1.165) is 141 Å². The number of carbonyl (C=O) groups is 3. The van der Waals surface area contributed by atoms with Crippen molar-refractivity contribution in [2.75, 3.05) is 13.2 Å². The average molecular weight is 998 g/mol. The summed E-state index contributed by atoms with van der Waals surface area (Å²) < 4.78 is 16.7. The molecular weight excluding hydrogens is 889 g/mol. The van der Waals surface area contributed by atoms with Crippen LogP contribution in [-0.4, -0.2) is 37.2 Å². The molecule has 0 spiro atoms. The molecular formula is C66H108O6. The number of ether oxygens (including phenoxy) is 3. The Morgan fingerprint density at radius 2 is 0.542 bits per heavy atom. The van der Waals surface area contributed by atoms with E-state index in [0.29, 0.717) is 19.3 Å². The maximum Gasteiger partial charge on any atom is 0.306 e. The zero-order valence-corrected chi connectivity index (χ0v) is 46.7. The minimum absolute atomic E-state index is 0.0885. The van der Waals surface area contributed by atoms with Gasteiger partial charge in [0.25, 0.3) is 0 Å². The van der Waals surface area contributed by atoms with E-state index in [1.54, 1.807) is 0 Å². The molecule has 0 bridgehead atoms. The Labute approximate surface area is 443 Å². The van der Waals surface area contributed by atoms with Gasteiger partial charge in [0.2, 0.25) is 0 Å². The van der Waals surface area contributed by atoms with Crippen LogP contribution in [0.5, 0.6) is 0 Å². The quantitative estimate of drug-likeness (QED) is 0.0261. The van der Waals surface area contributed by atoms with Gasteiger partial charge in [-0.1, -0.05) is 245 Å². The van der Waals surface area contributed by atoms with E-state index < -0.39 is 6.10 Å². The minimum atomic E-state index is -0.787. The van der Waals surface area contributed by atoms with Crippen LogP contribution in [0.2, 0.25) is 0 Å². The third kappa shape index (κ3) is 56.7. The molecule has 408 valence electrons. The molecule has 0 aliphatic heterocycles. The lowest BCUT2D eigenvalue weighted by molar-refractivity contribution is -0.167. The van der Waals surface area contributed by atoms with Crippen molar-refractivity contribution in [1.29, 1.82) is 0 Å². The topological polar surface area (TPSA) is 78.9 Å². The third-order valence-corrected chi connectivity index (χ3v) is 12.2. The summed E-state index contributed by atoms with van der Waals surface area (Å²) in [6.07, 6.45) is 82.3. The van der Waals surface area contributed by atoms with Crippen LogP contribution in [0.25, 0.3) is 0 Å². The van der Waals surface area contributed by atoms with Crippen LogP contribution in [0, 0.1) is 0 Å². The number of hydrogen-bond acceptors (Lipinski definition) is 6. The van der Waals surface area contributed by atoms with Gasteiger partial charge in [-0.2, -0.15) is 0 Å². The van der Waals surface area contributed by atoms with E-state index in [1.807, 2.05) is 0 Å². The highest BCUT2D eigenvalue weighted by Crippen LogP contribution is 2.14. The molecule has 6 nitrogen and oxygen atoms in total. The van der Waals surface area contributed by atoms with Crippen molar-refractivity contribution < 1.29 is 28.6 Å². The minimum Gasteiger partial charge on any atom is -0.462 e. The highest BCUT2D eigenvalue weighted by atomic mass is 16.6. The Morgan fingerprint density at radius 3 is 0.861 bits per heavy atom. The first-order chi connectivity index (χ1) is 35.5. The number of carbonyl (C=O) groups excluding carboxylic acids is 3. The fourth-order valence-corrected chi connectivity index (χ4v) is 7.78. The molecule has 0 saturated carbocycles. The van der Waals surface area contributed by atoms with Gasteiger partial charge in [-0.05, 0) is 116 Å². The average Bonchev–Trinajstić information content (AvgIpc) is 3.38. The molecule has 0 N–H and O–H groups in total. The van der Waals surface area contributed by atoms with Gasteiger partial charge < -0.3 is 14.2 Å². The summed E-state index contributed by atoms with van der Waals surface area (Å²) in [6, 6.07) is 0. The smallest absolute Gasteiger partial charge is 0.306 e. The third-order valence-electron chi connectivity index (χ3n) is 12.2. The SMILES string of the molecule is CC/C=C\C/C=C\C/C=C\C/C=C\C/C=C\C/C=C\C/C=C\C/C=C\CCCCCCCCC(=O)OCC(COC(=O)CCCCCCC)OC(=O)CCCCCCCCC/C=C\C/C=C\CCCCCC. The van der Waals surface area contributed by atoms with E-state index >= 15 is 0 Å². The summed E-state index contributed by atoms with van der Waals surface area (Å²) in [4.78, 5) is 37.8. The van der Waals surface area contributed by atoms with Crippen LogP contribution in [0.1, 0.15) is 258 Å². The second-order valence-corrected chi connectivity index (χ2v) is 19.2. The normalized spacial score (nSPS) is 13.0. The number of unbranched alkanes of at least 4 members (excludes halogenated alkanes) is 21. The summed E-state index contributed by atoms with van der Waals surface area (Å²) in [5.41, 5.74) is 0. The molecule has 0 rings (SSSR count). The number of allylic oxidation sites excluding steroid dienone is 20. The van der Waals surface area contributed by atoms with Crippen LogP contribution >= 0.6 is 0 Å². The first-order valence-corrected chi connectivity index (χ1v) is 29.5. The van der Waals surface area contributed by atoms with Crippen molar-refractivity contribution in [3.8, 4) is 0 Å². The summed E-state index contributed by atoms with van der Waals surface area (Å²) in [5.74, 6) is -0.927. The first-order valence-electron chi connectivity index (χ1n) is 29.5. The Balaban J connectivity index is 4.14. The number of hydrogen-bond donors (Lipinski definition) is 0. The number of rotatable bonds is 52. The van der Waals surface area contributed by atoms with Gasteiger partial charge in [-0.25, -0.2) is 0 Å². The summed E-state index contributed by atoms with van der Waals surface area (Å²) in [5, 5.41) is 0. The van der Waals surface area contributed by atoms with Crippen LogP contribution in [0.15, 0.2) is 122 Å². The molecule has 0 amide bonds. The molecule has 6 heteroatoms. The van der Waals surface area contributed by atoms with Gasteiger partial charge in [0.1, 0.15) is 13.2 Å².